The molecule has 1 heterocycles. The molecule has 2 aromatic carbocycles. The van der Waals surface area contributed by atoms with E-state index in [1.165, 1.54) is 23.5 Å². The molecule has 0 aliphatic carbocycles. The van der Waals surface area contributed by atoms with Crippen LogP contribution in [-0.4, -0.2) is 17.1 Å². The topological polar surface area (TPSA) is 51.2 Å². The average Bonchev–Trinajstić information content (AvgIpc) is 3.03. The third-order valence-electron chi connectivity index (χ3n) is 3.57. The van der Waals surface area contributed by atoms with Crippen LogP contribution in [0.25, 0.3) is 0 Å². The van der Waals surface area contributed by atoms with Crippen LogP contribution in [0.1, 0.15) is 20.4 Å². The molecule has 0 atom stereocenters. The number of aromatic nitrogens is 1. The van der Waals surface area contributed by atoms with Gasteiger partial charge in [-0.3, -0.25) is 4.79 Å². The molecule has 0 bridgehead atoms. The number of anilines is 1. The van der Waals surface area contributed by atoms with Gasteiger partial charge in [-0.05, 0) is 61.7 Å². The third kappa shape index (κ3) is 4.62. The van der Waals surface area contributed by atoms with Gasteiger partial charge in [-0.15, -0.1) is 23.1 Å². The summed E-state index contributed by atoms with van der Waals surface area (Å²) in [6.45, 7) is 2.02. The number of rotatable bonds is 6. The third-order valence-corrected chi connectivity index (χ3v) is 5.44. The maximum atomic E-state index is 12.9. The zero-order valence-corrected chi connectivity index (χ0v) is 15.9. The smallest absolute Gasteiger partial charge is 0.267 e. The number of hydrogen-bond donors (Lipinski definition) is 1. The quantitative estimate of drug-likeness (QED) is 0.594. The van der Waals surface area contributed by atoms with E-state index in [-0.39, 0.29) is 18.3 Å². The van der Waals surface area contributed by atoms with E-state index < -0.39 is 0 Å². The fourth-order valence-electron chi connectivity index (χ4n) is 2.26. The van der Waals surface area contributed by atoms with Crippen molar-refractivity contribution in [3.63, 3.8) is 0 Å². The Hall–Kier alpha value is -2.38. The van der Waals surface area contributed by atoms with E-state index in [0.29, 0.717) is 21.3 Å². The van der Waals surface area contributed by atoms with E-state index in [0.717, 1.165) is 10.6 Å². The van der Waals surface area contributed by atoms with Gasteiger partial charge in [0.05, 0.1) is 5.69 Å². The highest BCUT2D eigenvalue weighted by Gasteiger charge is 2.16. The maximum absolute atomic E-state index is 12.9. The van der Waals surface area contributed by atoms with Gasteiger partial charge in [0.15, 0.2) is 0 Å². The second-order valence-corrected chi connectivity index (χ2v) is 7.41. The van der Waals surface area contributed by atoms with Crippen molar-refractivity contribution in [1.82, 2.24) is 4.98 Å². The Kier molecular flexibility index (Phi) is 5.90. The zero-order valence-electron chi connectivity index (χ0n) is 14.3. The summed E-state index contributed by atoms with van der Waals surface area (Å²) in [7, 11) is 0. The summed E-state index contributed by atoms with van der Waals surface area (Å²) in [4.78, 5) is 18.6. The molecule has 1 amide bonds. The van der Waals surface area contributed by atoms with E-state index in [1.54, 1.807) is 30.8 Å². The summed E-state index contributed by atoms with van der Waals surface area (Å²) in [5, 5.41) is 3.57. The first-order valence-electron chi connectivity index (χ1n) is 7.85. The molecule has 0 unspecified atom stereocenters. The molecule has 0 aliphatic rings. The minimum atomic E-state index is -0.313. The molecular formula is C19H17FN2O2S2. The standard InChI is InChI=1S/C19H17FN2O2S2/c1-12-18(19(23)22-14-5-9-16(25-2)10-6-14)26-17(21-12)11-24-15-7-3-13(20)4-8-15/h3-10H,11H2,1-2H3,(H,22,23). The first kappa shape index (κ1) is 18.4. The van der Waals surface area contributed by atoms with Crippen LogP contribution in [-0.2, 0) is 6.61 Å². The number of carbonyl (C=O) groups is 1. The number of thiazole rings is 1. The highest BCUT2D eigenvalue weighted by molar-refractivity contribution is 7.98. The summed E-state index contributed by atoms with van der Waals surface area (Å²) >= 11 is 2.94. The maximum Gasteiger partial charge on any atom is 0.267 e. The molecular weight excluding hydrogens is 371 g/mol. The van der Waals surface area contributed by atoms with E-state index in [2.05, 4.69) is 10.3 Å². The summed E-state index contributed by atoms with van der Waals surface area (Å²) in [5.41, 5.74) is 1.40. The Morgan fingerprint density at radius 1 is 1.19 bits per heavy atom. The van der Waals surface area contributed by atoms with Crippen molar-refractivity contribution in [2.75, 3.05) is 11.6 Å². The molecule has 1 aromatic heterocycles. The van der Waals surface area contributed by atoms with Crippen LogP contribution in [0.4, 0.5) is 10.1 Å². The molecule has 7 heteroatoms. The van der Waals surface area contributed by atoms with Crippen molar-refractivity contribution in [1.29, 1.82) is 0 Å². The Bertz CT molecular complexity index is 893. The normalized spacial score (nSPS) is 10.6. The van der Waals surface area contributed by atoms with Gasteiger partial charge in [0.1, 0.15) is 28.1 Å². The van der Waals surface area contributed by atoms with Crippen LogP contribution in [0.2, 0.25) is 0 Å². The first-order valence-corrected chi connectivity index (χ1v) is 9.89. The number of halogens is 1. The molecule has 0 saturated heterocycles. The van der Waals surface area contributed by atoms with Crippen LogP contribution in [0.15, 0.2) is 53.4 Å². The SMILES string of the molecule is CSc1ccc(NC(=O)c2sc(COc3ccc(F)cc3)nc2C)cc1. The highest BCUT2D eigenvalue weighted by Crippen LogP contribution is 2.23. The fourth-order valence-corrected chi connectivity index (χ4v) is 3.54. The van der Waals surface area contributed by atoms with Gasteiger partial charge in [0.2, 0.25) is 0 Å². The van der Waals surface area contributed by atoms with Gasteiger partial charge in [-0.25, -0.2) is 9.37 Å². The molecule has 3 rings (SSSR count). The van der Waals surface area contributed by atoms with E-state index in [9.17, 15) is 9.18 Å². The Labute approximate surface area is 159 Å². The second-order valence-electron chi connectivity index (χ2n) is 5.45. The van der Waals surface area contributed by atoms with Gasteiger partial charge in [-0.1, -0.05) is 0 Å². The van der Waals surface area contributed by atoms with Crippen LogP contribution in [0, 0.1) is 12.7 Å². The molecule has 0 spiro atoms. The van der Waals surface area contributed by atoms with E-state index >= 15 is 0 Å². The molecule has 134 valence electrons. The lowest BCUT2D eigenvalue weighted by Gasteiger charge is -2.05. The number of amides is 1. The van der Waals surface area contributed by atoms with Crippen LogP contribution in [0.5, 0.6) is 5.75 Å². The monoisotopic (exact) mass is 388 g/mol. The minimum absolute atomic E-state index is 0.190. The summed E-state index contributed by atoms with van der Waals surface area (Å²) in [6.07, 6.45) is 2.00. The summed E-state index contributed by atoms with van der Waals surface area (Å²) in [6, 6.07) is 13.5. The van der Waals surface area contributed by atoms with E-state index in [4.69, 9.17) is 4.74 Å². The predicted octanol–water partition coefficient (Wildman–Crippen LogP) is 5.14. The van der Waals surface area contributed by atoms with Gasteiger partial charge < -0.3 is 10.1 Å². The molecule has 0 aliphatic heterocycles. The molecule has 4 nitrogen and oxygen atoms in total. The largest absolute Gasteiger partial charge is 0.486 e. The van der Waals surface area contributed by atoms with Crippen molar-refractivity contribution in [2.45, 2.75) is 18.4 Å². The van der Waals surface area contributed by atoms with E-state index in [1.807, 2.05) is 30.5 Å². The average molecular weight is 388 g/mol. The summed E-state index contributed by atoms with van der Waals surface area (Å²) in [5.74, 6) is 0.0519. The van der Waals surface area contributed by atoms with Gasteiger partial charge >= 0.3 is 0 Å². The van der Waals surface area contributed by atoms with Gasteiger partial charge in [0, 0.05) is 10.6 Å². The molecule has 0 fully saturated rings. The summed E-state index contributed by atoms with van der Waals surface area (Å²) < 4.78 is 18.5. The fraction of sp³-hybridized carbons (Fsp3) is 0.158. The van der Waals surface area contributed by atoms with Crippen LogP contribution in [0.3, 0.4) is 0 Å². The lowest BCUT2D eigenvalue weighted by molar-refractivity contribution is 0.103. The Morgan fingerprint density at radius 2 is 1.88 bits per heavy atom. The molecule has 1 N–H and O–H groups in total. The van der Waals surface area contributed by atoms with Gasteiger partial charge in [-0.2, -0.15) is 0 Å². The molecule has 26 heavy (non-hydrogen) atoms. The lowest BCUT2D eigenvalue weighted by Crippen LogP contribution is -2.11. The number of nitrogens with zero attached hydrogens (tertiary/aromatic N) is 1. The van der Waals surface area contributed by atoms with Crippen LogP contribution >= 0.6 is 23.1 Å². The number of aryl methyl sites for hydroxylation is 1. The Morgan fingerprint density at radius 3 is 2.54 bits per heavy atom. The van der Waals surface area contributed by atoms with Crippen molar-refractivity contribution in [3.8, 4) is 5.75 Å². The van der Waals surface area contributed by atoms with Crippen molar-refractivity contribution in [2.24, 2.45) is 0 Å². The van der Waals surface area contributed by atoms with Crippen molar-refractivity contribution < 1.29 is 13.9 Å². The zero-order chi connectivity index (χ0) is 18.5. The minimum Gasteiger partial charge on any atom is -0.486 e. The second kappa shape index (κ2) is 8.33. The highest BCUT2D eigenvalue weighted by atomic mass is 32.2. The number of benzene rings is 2. The number of nitrogens with one attached hydrogen (secondary N) is 1. The predicted molar refractivity (Wildman–Crippen MR) is 104 cm³/mol. The first-order chi connectivity index (χ1) is 12.5. The Balaban J connectivity index is 1.64. The molecule has 0 radical (unpaired) electrons. The molecule has 0 saturated carbocycles. The van der Waals surface area contributed by atoms with Crippen LogP contribution < -0.4 is 10.1 Å². The van der Waals surface area contributed by atoms with Crippen molar-refractivity contribution in [3.05, 3.63) is 69.9 Å². The van der Waals surface area contributed by atoms with Crippen molar-refractivity contribution >= 4 is 34.7 Å². The lowest BCUT2D eigenvalue weighted by atomic mass is 10.3. The number of carbonyl (C=O) groups excluding carboxylic acids is 1. The number of hydrogen-bond acceptors (Lipinski definition) is 5. The molecule has 3 aromatic rings. The van der Waals surface area contributed by atoms with Gasteiger partial charge in [0.25, 0.3) is 5.91 Å². The number of thioether (sulfide) groups is 1. The number of ether oxygens (including phenoxy) is 1.